The van der Waals surface area contributed by atoms with E-state index in [1.165, 1.54) is 6.33 Å². The van der Waals surface area contributed by atoms with Gasteiger partial charge in [0.25, 0.3) is 0 Å². The molecule has 0 spiro atoms. The lowest BCUT2D eigenvalue weighted by atomic mass is 10.3. The van der Waals surface area contributed by atoms with Crippen LogP contribution in [0, 0.1) is 0 Å². The van der Waals surface area contributed by atoms with E-state index in [-0.39, 0.29) is 0 Å². The minimum absolute atomic E-state index is 0.715. The maximum Gasteiger partial charge on any atom is 0.221 e. The Morgan fingerprint density at radius 2 is 2.18 bits per heavy atom. The molecule has 3 heterocycles. The Labute approximate surface area is 99.2 Å². The molecule has 2 aromatic heterocycles. The van der Waals surface area contributed by atoms with Gasteiger partial charge in [-0.2, -0.15) is 9.78 Å². The summed E-state index contributed by atoms with van der Waals surface area (Å²) in [5.74, 6) is 1.69. The predicted octanol–water partition coefficient (Wildman–Crippen LogP) is 0.265. The largest absolute Gasteiger partial charge is 0.442 e. The Hall–Kier alpha value is -1.66. The zero-order valence-corrected chi connectivity index (χ0v) is 9.54. The molecule has 0 aromatic carbocycles. The van der Waals surface area contributed by atoms with Crippen molar-refractivity contribution in [2.24, 2.45) is 0 Å². The first kappa shape index (κ1) is 10.5. The third-order valence-electron chi connectivity index (χ3n) is 2.88. The molecule has 1 N–H and O–H groups in total. The maximum absolute atomic E-state index is 5.73. The summed E-state index contributed by atoms with van der Waals surface area (Å²) in [6, 6.07) is 3.92. The summed E-state index contributed by atoms with van der Waals surface area (Å²) in [5, 5.41) is 7.37. The normalized spacial score (nSPS) is 17.4. The predicted molar refractivity (Wildman–Crippen MR) is 61.8 cm³/mol. The van der Waals surface area contributed by atoms with Crippen molar-refractivity contribution in [3.05, 3.63) is 30.5 Å². The molecule has 1 fully saturated rings. The molecule has 17 heavy (non-hydrogen) atoms. The summed E-state index contributed by atoms with van der Waals surface area (Å²) in [6.45, 7) is 5.10. The lowest BCUT2D eigenvalue weighted by Gasteiger charge is -2.26. The van der Waals surface area contributed by atoms with E-state index in [2.05, 4.69) is 20.3 Å². The summed E-state index contributed by atoms with van der Waals surface area (Å²) in [7, 11) is 0. The van der Waals surface area contributed by atoms with Crippen molar-refractivity contribution >= 4 is 0 Å². The van der Waals surface area contributed by atoms with Gasteiger partial charge in [-0.1, -0.05) is 0 Å². The van der Waals surface area contributed by atoms with E-state index in [1.807, 2.05) is 12.1 Å². The van der Waals surface area contributed by atoms with Crippen LogP contribution < -0.4 is 5.32 Å². The first-order chi connectivity index (χ1) is 8.42. The number of furan rings is 1. The van der Waals surface area contributed by atoms with Crippen LogP contribution in [-0.2, 0) is 6.54 Å². The third-order valence-corrected chi connectivity index (χ3v) is 2.88. The van der Waals surface area contributed by atoms with Crippen molar-refractivity contribution in [1.29, 1.82) is 0 Å². The second-order valence-corrected chi connectivity index (χ2v) is 4.11. The van der Waals surface area contributed by atoms with Gasteiger partial charge in [-0.05, 0) is 6.07 Å². The molecule has 0 amide bonds. The molecule has 0 saturated carbocycles. The molecular weight excluding hydrogens is 218 g/mol. The van der Waals surface area contributed by atoms with Crippen LogP contribution in [0.3, 0.4) is 0 Å². The summed E-state index contributed by atoms with van der Waals surface area (Å²) in [5.41, 5.74) is 0. The van der Waals surface area contributed by atoms with Gasteiger partial charge in [0.05, 0.1) is 6.54 Å². The summed E-state index contributed by atoms with van der Waals surface area (Å²) >= 11 is 0. The molecule has 1 aliphatic heterocycles. The molecule has 0 atom stereocenters. The Morgan fingerprint density at radius 1 is 1.29 bits per heavy atom. The fourth-order valence-electron chi connectivity index (χ4n) is 1.99. The molecular formula is C11H15N5O. The molecule has 6 nitrogen and oxygen atoms in total. The molecule has 0 aliphatic carbocycles. The van der Waals surface area contributed by atoms with Crippen LogP contribution in [0.4, 0.5) is 0 Å². The van der Waals surface area contributed by atoms with Crippen LogP contribution in [0.2, 0.25) is 0 Å². The molecule has 1 aliphatic rings. The zero-order chi connectivity index (χ0) is 11.5. The molecule has 0 bridgehead atoms. The lowest BCUT2D eigenvalue weighted by molar-refractivity contribution is 0.215. The van der Waals surface area contributed by atoms with Crippen LogP contribution in [0.1, 0.15) is 5.76 Å². The standard InChI is InChI=1S/C11H15N5O/c1-2-11(16-9-13-8-14-16)17-10(1)7-15-5-3-12-4-6-15/h1-2,8-9,12H,3-7H2. The number of hydrogen-bond acceptors (Lipinski definition) is 5. The second kappa shape index (κ2) is 4.68. The van der Waals surface area contributed by atoms with Crippen molar-refractivity contribution in [2.45, 2.75) is 6.54 Å². The highest BCUT2D eigenvalue weighted by molar-refractivity contribution is 5.19. The highest BCUT2D eigenvalue weighted by atomic mass is 16.4. The number of aromatic nitrogens is 3. The molecule has 1 saturated heterocycles. The van der Waals surface area contributed by atoms with E-state index in [0.717, 1.165) is 38.5 Å². The average molecular weight is 233 g/mol. The van der Waals surface area contributed by atoms with Gasteiger partial charge in [-0.15, -0.1) is 0 Å². The topological polar surface area (TPSA) is 59.1 Å². The Balaban J connectivity index is 1.68. The molecule has 90 valence electrons. The monoisotopic (exact) mass is 233 g/mol. The van der Waals surface area contributed by atoms with Gasteiger partial charge in [0.2, 0.25) is 5.88 Å². The highest BCUT2D eigenvalue weighted by Gasteiger charge is 2.12. The van der Waals surface area contributed by atoms with Crippen molar-refractivity contribution in [2.75, 3.05) is 26.2 Å². The first-order valence-electron chi connectivity index (χ1n) is 5.78. The van der Waals surface area contributed by atoms with Crippen molar-refractivity contribution in [1.82, 2.24) is 25.0 Å². The Bertz CT molecular complexity index is 458. The lowest BCUT2D eigenvalue weighted by Crippen LogP contribution is -2.42. The van der Waals surface area contributed by atoms with E-state index in [1.54, 1.807) is 11.0 Å². The van der Waals surface area contributed by atoms with E-state index < -0.39 is 0 Å². The molecule has 2 aromatic rings. The van der Waals surface area contributed by atoms with Crippen LogP contribution in [-0.4, -0.2) is 45.8 Å². The Kier molecular flexibility index (Phi) is 2.89. The first-order valence-corrected chi connectivity index (χ1v) is 5.78. The average Bonchev–Trinajstić information content (AvgIpc) is 3.00. The van der Waals surface area contributed by atoms with Crippen LogP contribution in [0.25, 0.3) is 5.88 Å². The molecule has 0 unspecified atom stereocenters. The van der Waals surface area contributed by atoms with Gasteiger partial charge in [0.15, 0.2) is 0 Å². The number of nitrogens with zero attached hydrogens (tertiary/aromatic N) is 4. The van der Waals surface area contributed by atoms with Gasteiger partial charge < -0.3 is 9.73 Å². The smallest absolute Gasteiger partial charge is 0.221 e. The molecule has 3 rings (SSSR count). The fourth-order valence-corrected chi connectivity index (χ4v) is 1.99. The van der Waals surface area contributed by atoms with Gasteiger partial charge >= 0.3 is 0 Å². The van der Waals surface area contributed by atoms with Crippen molar-refractivity contribution in [3.63, 3.8) is 0 Å². The third kappa shape index (κ3) is 2.37. The quantitative estimate of drug-likeness (QED) is 0.824. The summed E-state index contributed by atoms with van der Waals surface area (Å²) in [6.07, 6.45) is 3.13. The summed E-state index contributed by atoms with van der Waals surface area (Å²) < 4.78 is 7.36. The van der Waals surface area contributed by atoms with Gasteiger partial charge in [-0.25, -0.2) is 4.98 Å². The van der Waals surface area contributed by atoms with E-state index in [4.69, 9.17) is 4.42 Å². The van der Waals surface area contributed by atoms with Gasteiger partial charge in [0.1, 0.15) is 18.4 Å². The van der Waals surface area contributed by atoms with Crippen molar-refractivity contribution < 1.29 is 4.42 Å². The molecule has 6 heteroatoms. The highest BCUT2D eigenvalue weighted by Crippen LogP contribution is 2.13. The van der Waals surface area contributed by atoms with Crippen LogP contribution in [0.5, 0.6) is 0 Å². The number of piperazine rings is 1. The minimum atomic E-state index is 0.715. The van der Waals surface area contributed by atoms with E-state index in [9.17, 15) is 0 Å². The van der Waals surface area contributed by atoms with E-state index in [0.29, 0.717) is 5.88 Å². The SMILES string of the molecule is c1ncn(-c2ccc(CN3CCNCC3)o2)n1. The molecule has 0 radical (unpaired) electrons. The van der Waals surface area contributed by atoms with Crippen LogP contribution in [0.15, 0.2) is 29.2 Å². The van der Waals surface area contributed by atoms with E-state index >= 15 is 0 Å². The number of nitrogens with one attached hydrogen (secondary N) is 1. The Morgan fingerprint density at radius 3 is 2.94 bits per heavy atom. The minimum Gasteiger partial charge on any atom is -0.442 e. The number of hydrogen-bond donors (Lipinski definition) is 1. The van der Waals surface area contributed by atoms with Gasteiger partial charge in [-0.3, -0.25) is 4.90 Å². The van der Waals surface area contributed by atoms with Gasteiger partial charge in [0, 0.05) is 32.2 Å². The van der Waals surface area contributed by atoms with Crippen LogP contribution >= 0.6 is 0 Å². The second-order valence-electron chi connectivity index (χ2n) is 4.11. The number of rotatable bonds is 3. The summed E-state index contributed by atoms with van der Waals surface area (Å²) in [4.78, 5) is 6.27. The fraction of sp³-hybridized carbons (Fsp3) is 0.455. The zero-order valence-electron chi connectivity index (χ0n) is 9.54. The van der Waals surface area contributed by atoms with Crippen molar-refractivity contribution in [3.8, 4) is 5.88 Å². The maximum atomic E-state index is 5.73.